The van der Waals surface area contributed by atoms with E-state index < -0.39 is 24.2 Å². The number of nitrogens with one attached hydrogen (secondary N) is 2. The van der Waals surface area contributed by atoms with E-state index in [2.05, 4.69) is 27.3 Å². The number of hydrogen-bond acceptors (Lipinski definition) is 5. The topological polar surface area (TPSA) is 91.5 Å². The molecule has 180 valence electrons. The second-order valence-electron chi connectivity index (χ2n) is 8.48. The summed E-state index contributed by atoms with van der Waals surface area (Å²) >= 11 is 0. The van der Waals surface area contributed by atoms with Gasteiger partial charge >= 0.3 is 0 Å². The molecule has 1 unspecified atom stereocenters. The van der Waals surface area contributed by atoms with Crippen molar-refractivity contribution in [2.75, 3.05) is 12.4 Å². The molecule has 3 aromatic rings. The van der Waals surface area contributed by atoms with Gasteiger partial charge in [-0.3, -0.25) is 15.1 Å². The number of halogens is 1. The Balaban J connectivity index is 1.79. The molecule has 35 heavy (non-hydrogen) atoms. The van der Waals surface area contributed by atoms with Gasteiger partial charge in [-0.1, -0.05) is 60.7 Å². The highest BCUT2D eigenvalue weighted by Gasteiger charge is 2.41. The highest BCUT2D eigenvalue weighted by molar-refractivity contribution is 5.99. The predicted octanol–water partition coefficient (Wildman–Crippen LogP) is 4.28. The fourth-order valence-corrected chi connectivity index (χ4v) is 4.33. The summed E-state index contributed by atoms with van der Waals surface area (Å²) in [4.78, 5) is 16.9. The Kier molecular flexibility index (Phi) is 7.04. The minimum atomic E-state index is -1.11. The minimum absolute atomic E-state index is 0.356. The van der Waals surface area contributed by atoms with Crippen molar-refractivity contribution in [3.63, 3.8) is 0 Å². The van der Waals surface area contributed by atoms with Gasteiger partial charge in [0.2, 0.25) is 11.9 Å². The van der Waals surface area contributed by atoms with Crippen molar-refractivity contribution in [2.24, 2.45) is 4.99 Å². The second-order valence-corrected chi connectivity index (χ2v) is 8.48. The third-order valence-corrected chi connectivity index (χ3v) is 6.02. The summed E-state index contributed by atoms with van der Waals surface area (Å²) in [5.41, 5.74) is 4.30. The standard InChI is InChI=1S/C27H28FN5O2/c1-16-9-8-10-19(15-16)26(34)30-24-22(17(2)13-14-21(28)29-4)23-18(3)32-33(25(23)31-27(24)35)20-11-6-5-7-12-20/h5-15,22,24,26,30,34H,2H2,1,3-4H3,(H,31,35)/b14-13-,29-21?/t22-,24+,26?/m0/s1. The van der Waals surface area contributed by atoms with E-state index >= 15 is 0 Å². The van der Waals surface area contributed by atoms with Crippen molar-refractivity contribution in [1.82, 2.24) is 15.1 Å². The van der Waals surface area contributed by atoms with Gasteiger partial charge in [-0.25, -0.2) is 4.68 Å². The van der Waals surface area contributed by atoms with E-state index in [0.29, 0.717) is 22.6 Å². The van der Waals surface area contributed by atoms with Crippen LogP contribution >= 0.6 is 0 Å². The molecule has 1 aliphatic rings. The van der Waals surface area contributed by atoms with E-state index in [-0.39, 0.29) is 5.91 Å². The molecule has 0 saturated heterocycles. The number of benzene rings is 2. The Morgan fingerprint density at radius 1 is 1.23 bits per heavy atom. The summed E-state index contributed by atoms with van der Waals surface area (Å²) in [6.07, 6.45) is 1.60. The largest absolute Gasteiger partial charge is 0.374 e. The van der Waals surface area contributed by atoms with Gasteiger partial charge < -0.3 is 10.4 Å². The minimum Gasteiger partial charge on any atom is -0.374 e. The number of carbonyl (C=O) groups is 1. The third-order valence-electron chi connectivity index (χ3n) is 6.02. The number of allylic oxidation sites excluding steroid dienone is 2. The van der Waals surface area contributed by atoms with Gasteiger partial charge in [0.05, 0.1) is 11.4 Å². The van der Waals surface area contributed by atoms with E-state index in [4.69, 9.17) is 0 Å². The molecule has 0 bridgehead atoms. The molecule has 3 N–H and O–H groups in total. The lowest BCUT2D eigenvalue weighted by atomic mass is 9.81. The summed E-state index contributed by atoms with van der Waals surface area (Å²) in [5.74, 6) is -1.11. The van der Waals surface area contributed by atoms with Crippen molar-refractivity contribution >= 4 is 17.7 Å². The zero-order chi connectivity index (χ0) is 25.1. The number of aliphatic imine (C=N–C) groups is 1. The molecule has 0 radical (unpaired) electrons. The number of rotatable bonds is 7. The van der Waals surface area contributed by atoms with E-state index in [1.165, 1.54) is 19.2 Å². The van der Waals surface area contributed by atoms with E-state index in [1.807, 2.05) is 62.4 Å². The maximum atomic E-state index is 13.8. The molecular formula is C27H28FN5O2. The summed E-state index contributed by atoms with van der Waals surface area (Å²) in [5, 5.41) is 21.6. The van der Waals surface area contributed by atoms with Crippen LogP contribution in [0.2, 0.25) is 0 Å². The van der Waals surface area contributed by atoms with E-state index in [0.717, 1.165) is 16.8 Å². The zero-order valence-electron chi connectivity index (χ0n) is 19.9. The van der Waals surface area contributed by atoms with Crippen LogP contribution in [0.15, 0.2) is 83.9 Å². The number of anilines is 1. The second kappa shape index (κ2) is 10.2. The molecular weight excluding hydrogens is 445 g/mol. The number of aryl methyl sites for hydroxylation is 2. The summed E-state index contributed by atoms with van der Waals surface area (Å²) in [7, 11) is 1.35. The first-order chi connectivity index (χ1) is 16.8. The maximum absolute atomic E-state index is 13.8. The number of amides is 1. The zero-order valence-corrected chi connectivity index (χ0v) is 19.9. The van der Waals surface area contributed by atoms with E-state index in [1.54, 1.807) is 10.7 Å². The third kappa shape index (κ3) is 4.99. The highest BCUT2D eigenvalue weighted by atomic mass is 19.1. The van der Waals surface area contributed by atoms with Gasteiger partial charge in [0.25, 0.3) is 0 Å². The van der Waals surface area contributed by atoms with Crippen molar-refractivity contribution in [2.45, 2.75) is 32.0 Å². The first kappa shape index (κ1) is 24.3. The van der Waals surface area contributed by atoms with Crippen molar-refractivity contribution in [3.05, 3.63) is 101 Å². The molecule has 3 atom stereocenters. The average Bonchev–Trinajstić information content (AvgIpc) is 3.18. The molecule has 1 aromatic heterocycles. The summed E-state index contributed by atoms with van der Waals surface area (Å²) < 4.78 is 15.4. The van der Waals surface area contributed by atoms with Crippen molar-refractivity contribution in [1.29, 1.82) is 0 Å². The van der Waals surface area contributed by atoms with Crippen LogP contribution in [0.3, 0.4) is 0 Å². The average molecular weight is 474 g/mol. The maximum Gasteiger partial charge on any atom is 0.243 e. The molecule has 0 fully saturated rings. The lowest BCUT2D eigenvalue weighted by Crippen LogP contribution is -2.49. The van der Waals surface area contributed by atoms with Crippen LogP contribution in [0.25, 0.3) is 5.69 Å². The van der Waals surface area contributed by atoms with Crippen molar-refractivity contribution < 1.29 is 14.3 Å². The Hall–Kier alpha value is -3.88. The lowest BCUT2D eigenvalue weighted by molar-refractivity contribution is -0.119. The molecule has 0 aliphatic carbocycles. The highest BCUT2D eigenvalue weighted by Crippen LogP contribution is 2.41. The SMILES string of the molecule is C=C(/C=C\C(F)=NC)[C@H]1c2c(C)nn(-c3ccccc3)c2NC(=O)[C@@H]1NC(O)c1cccc(C)c1. The van der Waals surface area contributed by atoms with Gasteiger partial charge in [0.15, 0.2) is 0 Å². The molecule has 1 aliphatic heterocycles. The van der Waals surface area contributed by atoms with Gasteiger partial charge in [0, 0.05) is 18.5 Å². The van der Waals surface area contributed by atoms with Crippen LogP contribution in [0, 0.1) is 13.8 Å². The van der Waals surface area contributed by atoms with Gasteiger partial charge in [-0.15, -0.1) is 0 Å². The number of aromatic nitrogens is 2. The Labute approximate surface area is 203 Å². The molecule has 2 heterocycles. The molecule has 8 heteroatoms. The summed E-state index contributed by atoms with van der Waals surface area (Å²) in [6.45, 7) is 7.91. The van der Waals surface area contributed by atoms with Crippen LogP contribution in [-0.2, 0) is 4.79 Å². The number of aliphatic hydroxyl groups is 1. The molecule has 1 amide bonds. The Bertz CT molecular complexity index is 1310. The number of fused-ring (bicyclic) bond motifs is 1. The molecule has 0 spiro atoms. The van der Waals surface area contributed by atoms with E-state index in [9.17, 15) is 14.3 Å². The van der Waals surface area contributed by atoms with Crippen LogP contribution < -0.4 is 10.6 Å². The summed E-state index contributed by atoms with van der Waals surface area (Å²) in [6, 6.07) is 16.0. The fourth-order valence-electron chi connectivity index (χ4n) is 4.33. The molecule has 0 saturated carbocycles. The molecule has 4 rings (SSSR count). The first-order valence-electron chi connectivity index (χ1n) is 11.3. The van der Waals surface area contributed by atoms with Gasteiger partial charge in [-0.05, 0) is 43.2 Å². The van der Waals surface area contributed by atoms with Crippen LogP contribution in [0.1, 0.15) is 34.5 Å². The Morgan fingerprint density at radius 2 is 1.97 bits per heavy atom. The quantitative estimate of drug-likeness (QED) is 0.271. The number of hydrogen-bond donors (Lipinski definition) is 3. The van der Waals surface area contributed by atoms with Crippen LogP contribution in [0.4, 0.5) is 10.2 Å². The fraction of sp³-hybridized carbons (Fsp3) is 0.222. The van der Waals surface area contributed by atoms with Crippen molar-refractivity contribution in [3.8, 4) is 5.69 Å². The van der Waals surface area contributed by atoms with Crippen LogP contribution in [0.5, 0.6) is 0 Å². The predicted molar refractivity (Wildman–Crippen MR) is 135 cm³/mol. The lowest BCUT2D eigenvalue weighted by Gasteiger charge is -2.34. The number of para-hydroxylation sites is 1. The Morgan fingerprint density at radius 3 is 2.66 bits per heavy atom. The number of carbonyl (C=O) groups excluding carboxylic acids is 1. The van der Waals surface area contributed by atoms with Gasteiger partial charge in [0.1, 0.15) is 18.1 Å². The molecule has 2 aromatic carbocycles. The van der Waals surface area contributed by atoms with Gasteiger partial charge in [-0.2, -0.15) is 9.49 Å². The number of aliphatic hydroxyl groups excluding tert-OH is 1. The molecule has 7 nitrogen and oxygen atoms in total. The monoisotopic (exact) mass is 473 g/mol. The first-order valence-corrected chi connectivity index (χ1v) is 11.3. The number of nitrogens with zero attached hydrogens (tertiary/aromatic N) is 3. The van der Waals surface area contributed by atoms with Crippen LogP contribution in [-0.4, -0.2) is 39.8 Å². The smallest absolute Gasteiger partial charge is 0.243 e. The normalized spacial score (nSPS) is 18.9.